The number of hydrogen-bond donors (Lipinski definition) is 2. The maximum atomic E-state index is 13.8. The van der Waals surface area contributed by atoms with E-state index >= 15 is 0 Å². The van der Waals surface area contributed by atoms with Gasteiger partial charge in [0.25, 0.3) is 0 Å². The fourth-order valence-corrected chi connectivity index (χ4v) is 2.57. The van der Waals surface area contributed by atoms with E-state index in [1.807, 2.05) is 25.1 Å². The quantitative estimate of drug-likeness (QED) is 0.656. The number of hydrazine groups is 1. The summed E-state index contributed by atoms with van der Waals surface area (Å²) in [6.07, 6.45) is 0.367. The highest BCUT2D eigenvalue weighted by Crippen LogP contribution is 2.29. The van der Waals surface area contributed by atoms with E-state index in [0.717, 1.165) is 11.1 Å². The molecule has 2 rings (SSSR count). The Kier molecular flexibility index (Phi) is 5.00. The molecule has 2 aromatic carbocycles. The predicted molar refractivity (Wildman–Crippen MR) is 81.4 cm³/mol. The molecule has 0 fully saturated rings. The number of hydrogen-bond acceptors (Lipinski definition) is 2. The van der Waals surface area contributed by atoms with Gasteiger partial charge >= 0.3 is 0 Å². The summed E-state index contributed by atoms with van der Waals surface area (Å²) < 4.78 is 13.8. The van der Waals surface area contributed by atoms with E-state index in [1.165, 1.54) is 12.1 Å². The number of halogens is 3. The van der Waals surface area contributed by atoms with E-state index in [1.54, 1.807) is 6.07 Å². The Morgan fingerprint density at radius 2 is 2.00 bits per heavy atom. The highest BCUT2D eigenvalue weighted by Gasteiger charge is 2.17. The number of aryl methyl sites for hydroxylation is 1. The number of rotatable bonds is 4. The third-order valence-electron chi connectivity index (χ3n) is 3.23. The van der Waals surface area contributed by atoms with Crippen LogP contribution in [0.4, 0.5) is 4.39 Å². The van der Waals surface area contributed by atoms with Gasteiger partial charge in [-0.3, -0.25) is 11.3 Å². The van der Waals surface area contributed by atoms with Gasteiger partial charge in [-0.2, -0.15) is 0 Å². The van der Waals surface area contributed by atoms with Crippen LogP contribution in [-0.4, -0.2) is 0 Å². The van der Waals surface area contributed by atoms with Crippen LogP contribution in [0.3, 0.4) is 0 Å². The molecule has 1 unspecified atom stereocenters. The Labute approximate surface area is 127 Å². The zero-order chi connectivity index (χ0) is 14.7. The van der Waals surface area contributed by atoms with Gasteiger partial charge in [-0.05, 0) is 48.2 Å². The van der Waals surface area contributed by atoms with Gasteiger partial charge in [-0.15, -0.1) is 0 Å². The summed E-state index contributed by atoms with van der Waals surface area (Å²) in [5, 5.41) is 1.13. The molecule has 2 nitrogen and oxygen atoms in total. The Bertz CT molecular complexity index is 617. The molecular formula is C15H15Cl2FN2. The molecule has 0 saturated carbocycles. The summed E-state index contributed by atoms with van der Waals surface area (Å²) in [5.41, 5.74) is 4.98. The third kappa shape index (κ3) is 3.30. The van der Waals surface area contributed by atoms with Crippen molar-refractivity contribution in [2.75, 3.05) is 0 Å². The second kappa shape index (κ2) is 6.55. The smallest absolute Gasteiger partial charge is 0.126 e. The summed E-state index contributed by atoms with van der Waals surface area (Å²) >= 11 is 12.2. The Hall–Kier alpha value is -1.13. The molecule has 2 aromatic rings. The lowest BCUT2D eigenvalue weighted by Crippen LogP contribution is -2.30. The maximum Gasteiger partial charge on any atom is 0.126 e. The molecule has 5 heteroatoms. The van der Waals surface area contributed by atoms with Crippen LogP contribution < -0.4 is 11.3 Å². The molecule has 0 aliphatic carbocycles. The SMILES string of the molecule is Cc1cccc(C(Cc2cc(Cl)ccc2F)NN)c1Cl. The van der Waals surface area contributed by atoms with Crippen LogP contribution in [0, 0.1) is 12.7 Å². The van der Waals surface area contributed by atoms with E-state index in [9.17, 15) is 4.39 Å². The van der Waals surface area contributed by atoms with Crippen molar-refractivity contribution in [1.82, 2.24) is 5.43 Å². The normalized spacial score (nSPS) is 12.4. The van der Waals surface area contributed by atoms with Crippen molar-refractivity contribution in [3.05, 3.63) is 69.0 Å². The predicted octanol–water partition coefficient (Wildman–Crippen LogP) is 4.19. The molecule has 20 heavy (non-hydrogen) atoms. The summed E-state index contributed by atoms with van der Waals surface area (Å²) in [6.45, 7) is 1.92. The van der Waals surface area contributed by atoms with E-state index < -0.39 is 0 Å². The molecule has 0 aliphatic rings. The highest BCUT2D eigenvalue weighted by molar-refractivity contribution is 6.32. The monoisotopic (exact) mass is 312 g/mol. The lowest BCUT2D eigenvalue weighted by Gasteiger charge is -2.19. The van der Waals surface area contributed by atoms with Gasteiger partial charge in [0, 0.05) is 10.0 Å². The van der Waals surface area contributed by atoms with Crippen LogP contribution in [0.5, 0.6) is 0 Å². The first-order valence-corrected chi connectivity index (χ1v) is 6.93. The number of benzene rings is 2. The molecular weight excluding hydrogens is 298 g/mol. The van der Waals surface area contributed by atoms with E-state index in [4.69, 9.17) is 29.0 Å². The van der Waals surface area contributed by atoms with Gasteiger partial charge in [0.1, 0.15) is 5.82 Å². The van der Waals surface area contributed by atoms with Crippen molar-refractivity contribution in [2.24, 2.45) is 5.84 Å². The zero-order valence-electron chi connectivity index (χ0n) is 11.0. The minimum atomic E-state index is -0.307. The fraction of sp³-hybridized carbons (Fsp3) is 0.200. The van der Waals surface area contributed by atoms with Crippen LogP contribution in [-0.2, 0) is 6.42 Å². The molecule has 0 saturated heterocycles. The minimum absolute atomic E-state index is 0.282. The highest BCUT2D eigenvalue weighted by atomic mass is 35.5. The molecule has 0 spiro atoms. The molecule has 3 N–H and O–H groups in total. The molecule has 0 radical (unpaired) electrons. The van der Waals surface area contributed by atoms with Crippen LogP contribution in [0.2, 0.25) is 10.0 Å². The summed E-state index contributed by atoms with van der Waals surface area (Å²) in [4.78, 5) is 0. The van der Waals surface area contributed by atoms with Crippen LogP contribution >= 0.6 is 23.2 Å². The Morgan fingerprint density at radius 3 is 2.70 bits per heavy atom. The molecule has 106 valence electrons. The van der Waals surface area contributed by atoms with Crippen molar-refractivity contribution in [1.29, 1.82) is 0 Å². The molecule has 0 amide bonds. The minimum Gasteiger partial charge on any atom is -0.271 e. The largest absolute Gasteiger partial charge is 0.271 e. The Balaban J connectivity index is 2.34. The average molecular weight is 313 g/mol. The number of nitrogens with one attached hydrogen (secondary N) is 1. The van der Waals surface area contributed by atoms with Gasteiger partial charge in [-0.25, -0.2) is 4.39 Å². The second-order valence-electron chi connectivity index (χ2n) is 4.64. The van der Waals surface area contributed by atoms with E-state index in [2.05, 4.69) is 5.43 Å². The summed E-state index contributed by atoms with van der Waals surface area (Å²) in [7, 11) is 0. The first-order valence-electron chi connectivity index (χ1n) is 6.18. The van der Waals surface area contributed by atoms with Crippen molar-refractivity contribution in [2.45, 2.75) is 19.4 Å². The average Bonchev–Trinajstić information content (AvgIpc) is 2.43. The summed E-state index contributed by atoms with van der Waals surface area (Å²) in [5.74, 6) is 5.29. The molecule has 0 aromatic heterocycles. The van der Waals surface area contributed by atoms with E-state index in [-0.39, 0.29) is 11.9 Å². The lowest BCUT2D eigenvalue weighted by molar-refractivity contribution is 0.529. The first-order chi connectivity index (χ1) is 9.52. The van der Waals surface area contributed by atoms with Crippen LogP contribution in [0.25, 0.3) is 0 Å². The van der Waals surface area contributed by atoms with Crippen molar-refractivity contribution in [3.8, 4) is 0 Å². The van der Waals surface area contributed by atoms with Crippen molar-refractivity contribution >= 4 is 23.2 Å². The molecule has 0 bridgehead atoms. The maximum absolute atomic E-state index is 13.8. The van der Waals surface area contributed by atoms with Gasteiger partial charge in [0.2, 0.25) is 0 Å². The van der Waals surface area contributed by atoms with Crippen LogP contribution in [0.15, 0.2) is 36.4 Å². The van der Waals surface area contributed by atoms with E-state index in [0.29, 0.717) is 22.0 Å². The van der Waals surface area contributed by atoms with Gasteiger partial charge in [0.05, 0.1) is 6.04 Å². The second-order valence-corrected chi connectivity index (χ2v) is 5.45. The lowest BCUT2D eigenvalue weighted by atomic mass is 9.97. The topological polar surface area (TPSA) is 38.0 Å². The third-order valence-corrected chi connectivity index (χ3v) is 3.98. The molecule has 0 aliphatic heterocycles. The summed E-state index contributed by atoms with van der Waals surface area (Å²) in [6, 6.07) is 9.88. The number of nitrogens with two attached hydrogens (primary N) is 1. The fourth-order valence-electron chi connectivity index (χ4n) is 2.12. The molecule has 1 atom stereocenters. The zero-order valence-corrected chi connectivity index (χ0v) is 12.5. The van der Waals surface area contributed by atoms with Crippen LogP contribution in [0.1, 0.15) is 22.7 Å². The standard InChI is InChI=1S/C15H15Cl2FN2/c1-9-3-2-4-12(15(9)17)14(20-19)8-10-7-11(16)5-6-13(10)18/h2-7,14,20H,8,19H2,1H3. The van der Waals surface area contributed by atoms with Gasteiger partial charge < -0.3 is 0 Å². The van der Waals surface area contributed by atoms with Crippen molar-refractivity contribution in [3.63, 3.8) is 0 Å². The van der Waals surface area contributed by atoms with Crippen molar-refractivity contribution < 1.29 is 4.39 Å². The molecule has 0 heterocycles. The van der Waals surface area contributed by atoms with Gasteiger partial charge in [0.15, 0.2) is 0 Å². The van der Waals surface area contributed by atoms with Gasteiger partial charge in [-0.1, -0.05) is 41.4 Å². The Morgan fingerprint density at radius 1 is 1.25 bits per heavy atom. The first kappa shape index (κ1) is 15.3.